The van der Waals surface area contributed by atoms with E-state index in [0.717, 1.165) is 10.9 Å². The van der Waals surface area contributed by atoms with Crippen molar-refractivity contribution in [2.75, 3.05) is 0 Å². The number of nitrogens with zero attached hydrogens (tertiary/aromatic N) is 2. The second kappa shape index (κ2) is 5.75. The molecule has 2 heterocycles. The standard InChI is InChI=1S/C15H12F2N2OS/c16-11-4-1-3-10(14(11)17)12(20)9-19-7-6-18-15(19)13-5-2-8-21-13/h1-8,12,20H,9H2. The van der Waals surface area contributed by atoms with E-state index in [1.165, 1.54) is 23.5 Å². The van der Waals surface area contributed by atoms with Crippen molar-refractivity contribution in [1.82, 2.24) is 9.55 Å². The summed E-state index contributed by atoms with van der Waals surface area (Å²) in [6.07, 6.45) is 2.17. The average molecular weight is 306 g/mol. The summed E-state index contributed by atoms with van der Waals surface area (Å²) in [5.41, 5.74) is -0.0548. The summed E-state index contributed by atoms with van der Waals surface area (Å²) in [4.78, 5) is 5.19. The Kier molecular flexibility index (Phi) is 3.81. The van der Waals surface area contributed by atoms with E-state index >= 15 is 0 Å². The zero-order valence-electron chi connectivity index (χ0n) is 10.9. The highest BCUT2D eigenvalue weighted by molar-refractivity contribution is 7.13. The minimum Gasteiger partial charge on any atom is -0.386 e. The van der Waals surface area contributed by atoms with Gasteiger partial charge in [-0.3, -0.25) is 0 Å². The highest BCUT2D eigenvalue weighted by Crippen LogP contribution is 2.26. The van der Waals surface area contributed by atoms with E-state index in [1.54, 1.807) is 17.0 Å². The van der Waals surface area contributed by atoms with Crippen molar-refractivity contribution >= 4 is 11.3 Å². The fourth-order valence-corrected chi connectivity index (χ4v) is 2.89. The normalized spacial score (nSPS) is 12.5. The van der Waals surface area contributed by atoms with Crippen LogP contribution in [0.15, 0.2) is 48.1 Å². The van der Waals surface area contributed by atoms with E-state index in [-0.39, 0.29) is 12.1 Å². The third-order valence-electron chi connectivity index (χ3n) is 3.17. The van der Waals surface area contributed by atoms with Gasteiger partial charge in [0.05, 0.1) is 17.5 Å². The summed E-state index contributed by atoms with van der Waals surface area (Å²) in [5.74, 6) is -1.28. The summed E-state index contributed by atoms with van der Waals surface area (Å²) in [7, 11) is 0. The molecule has 1 aromatic carbocycles. The zero-order chi connectivity index (χ0) is 14.8. The molecule has 108 valence electrons. The molecule has 0 radical (unpaired) electrons. The lowest BCUT2D eigenvalue weighted by molar-refractivity contribution is 0.151. The van der Waals surface area contributed by atoms with Crippen LogP contribution in [0, 0.1) is 11.6 Å². The molecule has 3 aromatic rings. The van der Waals surface area contributed by atoms with Crippen molar-refractivity contribution < 1.29 is 13.9 Å². The van der Waals surface area contributed by atoms with Gasteiger partial charge in [0.2, 0.25) is 0 Å². The molecule has 1 N–H and O–H groups in total. The van der Waals surface area contributed by atoms with Crippen molar-refractivity contribution in [2.24, 2.45) is 0 Å². The third-order valence-corrected chi connectivity index (χ3v) is 4.03. The molecule has 3 rings (SSSR count). The van der Waals surface area contributed by atoms with Gasteiger partial charge in [0, 0.05) is 18.0 Å². The Bertz CT molecular complexity index is 740. The van der Waals surface area contributed by atoms with Crippen LogP contribution in [0.25, 0.3) is 10.7 Å². The molecule has 0 fully saturated rings. The Hall–Kier alpha value is -2.05. The fraction of sp³-hybridized carbons (Fsp3) is 0.133. The Balaban J connectivity index is 1.87. The van der Waals surface area contributed by atoms with Gasteiger partial charge >= 0.3 is 0 Å². The lowest BCUT2D eigenvalue weighted by Gasteiger charge is -2.14. The minimum atomic E-state index is -1.14. The van der Waals surface area contributed by atoms with E-state index < -0.39 is 17.7 Å². The van der Waals surface area contributed by atoms with Crippen LogP contribution in [0.5, 0.6) is 0 Å². The lowest BCUT2D eigenvalue weighted by atomic mass is 10.1. The number of rotatable bonds is 4. The molecule has 2 aromatic heterocycles. The maximum atomic E-state index is 13.7. The molecule has 21 heavy (non-hydrogen) atoms. The second-order valence-corrected chi connectivity index (χ2v) is 5.49. The van der Waals surface area contributed by atoms with Crippen LogP contribution in [0.4, 0.5) is 8.78 Å². The molecule has 6 heteroatoms. The molecule has 3 nitrogen and oxygen atoms in total. The topological polar surface area (TPSA) is 38.0 Å². The molecule has 0 spiro atoms. The predicted molar refractivity (Wildman–Crippen MR) is 76.9 cm³/mol. The number of hydrogen-bond acceptors (Lipinski definition) is 3. The molecular weight excluding hydrogens is 294 g/mol. The average Bonchev–Trinajstić information content (AvgIpc) is 3.12. The van der Waals surface area contributed by atoms with Gasteiger partial charge in [-0.05, 0) is 17.5 Å². The van der Waals surface area contributed by atoms with Crippen LogP contribution < -0.4 is 0 Å². The maximum Gasteiger partial charge on any atom is 0.164 e. The van der Waals surface area contributed by atoms with Crippen LogP contribution in [-0.4, -0.2) is 14.7 Å². The zero-order valence-corrected chi connectivity index (χ0v) is 11.7. The van der Waals surface area contributed by atoms with Crippen molar-refractivity contribution in [2.45, 2.75) is 12.6 Å². The smallest absolute Gasteiger partial charge is 0.164 e. The second-order valence-electron chi connectivity index (χ2n) is 4.54. The third kappa shape index (κ3) is 2.72. The minimum absolute atomic E-state index is 0.0548. The molecule has 1 atom stereocenters. The molecular formula is C15H12F2N2OS. The largest absolute Gasteiger partial charge is 0.386 e. The van der Waals surface area contributed by atoms with Crippen LogP contribution >= 0.6 is 11.3 Å². The number of benzene rings is 1. The first kappa shape index (κ1) is 13.9. The van der Waals surface area contributed by atoms with Gasteiger partial charge in [-0.15, -0.1) is 11.3 Å². The van der Waals surface area contributed by atoms with Gasteiger partial charge < -0.3 is 9.67 Å². The van der Waals surface area contributed by atoms with E-state index in [0.29, 0.717) is 5.82 Å². The summed E-state index contributed by atoms with van der Waals surface area (Å²) in [5, 5.41) is 12.1. The number of aromatic nitrogens is 2. The number of aliphatic hydroxyl groups is 1. The monoisotopic (exact) mass is 306 g/mol. The summed E-state index contributed by atoms with van der Waals surface area (Å²) in [6.45, 7) is 0.105. The predicted octanol–water partition coefficient (Wildman–Crippen LogP) is 3.62. The van der Waals surface area contributed by atoms with Crippen molar-refractivity contribution in [3.05, 3.63) is 65.3 Å². The molecule has 0 saturated carbocycles. The number of hydrogen-bond donors (Lipinski definition) is 1. The van der Waals surface area contributed by atoms with Crippen molar-refractivity contribution in [3.63, 3.8) is 0 Å². The SMILES string of the molecule is OC(Cn1ccnc1-c1cccs1)c1cccc(F)c1F. The fourth-order valence-electron chi connectivity index (χ4n) is 2.15. The van der Waals surface area contributed by atoms with Crippen LogP contribution in [-0.2, 0) is 6.54 Å². The van der Waals surface area contributed by atoms with Crippen LogP contribution in [0.2, 0.25) is 0 Å². The van der Waals surface area contributed by atoms with Gasteiger partial charge in [0.25, 0.3) is 0 Å². The summed E-state index contributed by atoms with van der Waals surface area (Å²) in [6, 6.07) is 7.61. The first-order valence-electron chi connectivity index (χ1n) is 6.34. The molecule has 0 bridgehead atoms. The Morgan fingerprint density at radius 2 is 2.10 bits per heavy atom. The van der Waals surface area contributed by atoms with Gasteiger partial charge in [-0.25, -0.2) is 13.8 Å². The van der Waals surface area contributed by atoms with Crippen LogP contribution in [0.3, 0.4) is 0 Å². The van der Waals surface area contributed by atoms with Crippen molar-refractivity contribution in [3.8, 4) is 10.7 Å². The van der Waals surface area contributed by atoms with Gasteiger partial charge in [-0.1, -0.05) is 18.2 Å². The number of halogens is 2. The van der Waals surface area contributed by atoms with Gasteiger partial charge in [0.15, 0.2) is 11.6 Å². The Labute approximate surface area is 124 Å². The first-order chi connectivity index (χ1) is 10.2. The molecule has 0 aliphatic carbocycles. The Morgan fingerprint density at radius 3 is 2.86 bits per heavy atom. The van der Waals surface area contributed by atoms with Gasteiger partial charge in [-0.2, -0.15) is 0 Å². The van der Waals surface area contributed by atoms with Crippen LogP contribution in [0.1, 0.15) is 11.7 Å². The quantitative estimate of drug-likeness (QED) is 0.799. The Morgan fingerprint density at radius 1 is 1.24 bits per heavy atom. The van der Waals surface area contributed by atoms with E-state index in [1.807, 2.05) is 17.5 Å². The highest BCUT2D eigenvalue weighted by atomic mass is 32.1. The summed E-state index contributed by atoms with van der Waals surface area (Å²) < 4.78 is 28.6. The molecule has 0 saturated heterocycles. The van der Waals surface area contributed by atoms with Gasteiger partial charge in [0.1, 0.15) is 5.82 Å². The highest BCUT2D eigenvalue weighted by Gasteiger charge is 2.18. The lowest BCUT2D eigenvalue weighted by Crippen LogP contribution is -2.11. The number of imidazole rings is 1. The first-order valence-corrected chi connectivity index (χ1v) is 7.22. The maximum absolute atomic E-state index is 13.7. The summed E-state index contributed by atoms with van der Waals surface area (Å²) >= 11 is 1.52. The van der Waals surface area contributed by atoms with E-state index in [2.05, 4.69) is 4.98 Å². The molecule has 0 aliphatic rings. The molecule has 1 unspecified atom stereocenters. The van der Waals surface area contributed by atoms with E-state index in [9.17, 15) is 13.9 Å². The van der Waals surface area contributed by atoms with E-state index in [4.69, 9.17) is 0 Å². The number of aliphatic hydroxyl groups excluding tert-OH is 1. The molecule has 0 aliphatic heterocycles. The molecule has 0 amide bonds. The van der Waals surface area contributed by atoms with Crippen molar-refractivity contribution in [1.29, 1.82) is 0 Å². The number of thiophene rings is 1.